The number of hydrogen-bond acceptors (Lipinski definition) is 8. The number of rotatable bonds is 7. The van der Waals surface area contributed by atoms with Gasteiger partial charge >= 0.3 is 6.01 Å². The highest BCUT2D eigenvalue weighted by atomic mass is 35.5. The molecule has 5 heterocycles. The molecule has 8 nitrogen and oxygen atoms in total. The molecule has 2 unspecified atom stereocenters. The van der Waals surface area contributed by atoms with E-state index < -0.39 is 5.82 Å². The third-order valence-electron chi connectivity index (χ3n) is 11.1. The first kappa shape index (κ1) is 29.5. The summed E-state index contributed by atoms with van der Waals surface area (Å²) in [6.07, 6.45) is 10.2. The number of halogens is 2. The number of aromatic hydroxyl groups is 1. The molecule has 5 aliphatic rings. The summed E-state index contributed by atoms with van der Waals surface area (Å²) in [5.41, 5.74) is 1.34. The van der Waals surface area contributed by atoms with E-state index in [0.717, 1.165) is 71.6 Å². The fourth-order valence-electron chi connectivity index (χ4n) is 8.54. The number of nitrogens with zero attached hydrogens (tertiary/aromatic N) is 4. The lowest BCUT2D eigenvalue weighted by Crippen LogP contribution is -2.51. The fourth-order valence-corrected chi connectivity index (χ4v) is 8.84. The molecule has 2 N–H and O–H groups in total. The van der Waals surface area contributed by atoms with Crippen molar-refractivity contribution in [1.29, 1.82) is 0 Å². The average Bonchev–Trinajstić information content (AvgIpc) is 3.30. The SMILES string of the molecule is C#Cc1cccc2cc(O)cc(-c3c(Cl)cc4c(N5CC6CCC(C5)N6)nc(OCC5(CN6C[C@H]7COC[C@H]7C6)CC5)nc4c3F)c12. The van der Waals surface area contributed by atoms with Crippen LogP contribution in [0.5, 0.6) is 11.8 Å². The van der Waals surface area contributed by atoms with Gasteiger partial charge in [0.25, 0.3) is 0 Å². The first-order chi connectivity index (χ1) is 22.9. The first-order valence-corrected chi connectivity index (χ1v) is 17.1. The highest BCUT2D eigenvalue weighted by molar-refractivity contribution is 6.35. The number of likely N-dealkylation sites (tertiary alicyclic amines) is 1. The van der Waals surface area contributed by atoms with Gasteiger partial charge < -0.3 is 29.7 Å². The number of benzene rings is 3. The van der Waals surface area contributed by atoms with E-state index in [1.54, 1.807) is 18.2 Å². The molecule has 4 aromatic rings. The lowest BCUT2D eigenvalue weighted by atomic mass is 9.93. The zero-order valence-electron chi connectivity index (χ0n) is 26.1. The number of nitrogens with one attached hydrogen (secondary N) is 1. The molecule has 9 rings (SSSR count). The number of terminal acetylenes is 1. The third-order valence-corrected chi connectivity index (χ3v) is 11.4. The number of hydrogen-bond donors (Lipinski definition) is 2. The Kier molecular flexibility index (Phi) is 7.02. The summed E-state index contributed by atoms with van der Waals surface area (Å²) in [6, 6.07) is 11.2. The highest BCUT2D eigenvalue weighted by Gasteiger charge is 2.48. The van der Waals surface area contributed by atoms with Crippen LogP contribution in [0.4, 0.5) is 10.2 Å². The Morgan fingerprint density at radius 3 is 2.57 bits per heavy atom. The number of ether oxygens (including phenoxy) is 2. The van der Waals surface area contributed by atoms with Crippen LogP contribution in [0.25, 0.3) is 32.8 Å². The molecule has 1 aromatic heterocycles. The number of fused-ring (bicyclic) bond motifs is 5. The van der Waals surface area contributed by atoms with Gasteiger partial charge in [0.1, 0.15) is 17.1 Å². The van der Waals surface area contributed by atoms with E-state index in [-0.39, 0.29) is 33.3 Å². The van der Waals surface area contributed by atoms with Crippen LogP contribution >= 0.6 is 11.6 Å². The van der Waals surface area contributed by atoms with Gasteiger partial charge in [0.2, 0.25) is 0 Å². The van der Waals surface area contributed by atoms with Crippen LogP contribution in [0.3, 0.4) is 0 Å². The van der Waals surface area contributed by atoms with Gasteiger partial charge in [-0.3, -0.25) is 0 Å². The molecular formula is C37H37ClFN5O3. The highest BCUT2D eigenvalue weighted by Crippen LogP contribution is 2.48. The smallest absolute Gasteiger partial charge is 0.319 e. The maximum Gasteiger partial charge on any atom is 0.319 e. The van der Waals surface area contributed by atoms with E-state index in [1.165, 1.54) is 6.07 Å². The van der Waals surface area contributed by atoms with E-state index in [2.05, 4.69) is 21.0 Å². The molecule has 10 heteroatoms. The Labute approximate surface area is 278 Å². The van der Waals surface area contributed by atoms with Crippen molar-refractivity contribution in [2.24, 2.45) is 17.3 Å². The van der Waals surface area contributed by atoms with Crippen LogP contribution < -0.4 is 15.0 Å². The fraction of sp³-hybridized carbons (Fsp3) is 0.459. The molecule has 0 spiro atoms. The molecular weight excluding hydrogens is 617 g/mol. The van der Waals surface area contributed by atoms with Crippen molar-refractivity contribution < 1.29 is 19.0 Å². The van der Waals surface area contributed by atoms with Crippen molar-refractivity contribution in [3.05, 3.63) is 52.8 Å². The van der Waals surface area contributed by atoms with Crippen molar-refractivity contribution in [2.45, 2.75) is 37.8 Å². The molecule has 1 saturated carbocycles. The Morgan fingerprint density at radius 2 is 1.85 bits per heavy atom. The summed E-state index contributed by atoms with van der Waals surface area (Å²) in [6.45, 7) is 6.88. The molecule has 0 radical (unpaired) electrons. The predicted octanol–water partition coefficient (Wildman–Crippen LogP) is 5.61. The van der Waals surface area contributed by atoms with Crippen molar-refractivity contribution in [3.63, 3.8) is 0 Å². The van der Waals surface area contributed by atoms with Gasteiger partial charge in [0, 0.05) is 84.0 Å². The molecule has 0 amide bonds. The van der Waals surface area contributed by atoms with Crippen LogP contribution in [0.2, 0.25) is 5.02 Å². The van der Waals surface area contributed by atoms with Crippen molar-refractivity contribution in [1.82, 2.24) is 20.2 Å². The average molecular weight is 654 g/mol. The molecule has 47 heavy (non-hydrogen) atoms. The van der Waals surface area contributed by atoms with E-state index >= 15 is 4.39 Å². The van der Waals surface area contributed by atoms with Gasteiger partial charge in [-0.1, -0.05) is 29.7 Å². The minimum Gasteiger partial charge on any atom is -0.508 e. The minimum atomic E-state index is -0.593. The zero-order chi connectivity index (χ0) is 31.9. The molecule has 4 aliphatic heterocycles. The maximum absolute atomic E-state index is 17.1. The van der Waals surface area contributed by atoms with Crippen LogP contribution in [0, 0.1) is 35.4 Å². The van der Waals surface area contributed by atoms with Gasteiger partial charge in [-0.05, 0) is 60.9 Å². The standard InChI is InChI=1S/C37H37ClFN5O3/c1-2-21-4-3-5-22-10-27(45)11-28(31(21)22)32-30(38)12-29-34(33(32)39)41-36(42-35(29)44-15-25-6-7-26(16-44)40-25)47-20-37(8-9-37)19-43-13-23-17-46-18-24(23)14-43/h1,3-5,10-12,23-26,40,45H,6-9,13-20H2/t23-,24+,25?,26?. The van der Waals surface area contributed by atoms with Gasteiger partial charge in [-0.15, -0.1) is 6.42 Å². The van der Waals surface area contributed by atoms with Crippen LogP contribution in [0.1, 0.15) is 31.2 Å². The van der Waals surface area contributed by atoms with E-state index in [4.69, 9.17) is 37.5 Å². The second kappa shape index (κ2) is 11.2. The molecule has 242 valence electrons. The number of anilines is 1. The van der Waals surface area contributed by atoms with Crippen LogP contribution in [0.15, 0.2) is 36.4 Å². The Bertz CT molecular complexity index is 1940. The normalized spacial score (nSPS) is 26.2. The lowest BCUT2D eigenvalue weighted by molar-refractivity contribution is 0.131. The first-order valence-electron chi connectivity index (χ1n) is 16.7. The second-order valence-corrected chi connectivity index (χ2v) is 14.8. The van der Waals surface area contributed by atoms with Crippen molar-refractivity contribution in [3.8, 4) is 35.2 Å². The molecule has 5 fully saturated rings. The zero-order valence-corrected chi connectivity index (χ0v) is 26.9. The Balaban J connectivity index is 1.12. The van der Waals surface area contributed by atoms with E-state index in [9.17, 15) is 5.11 Å². The quantitative estimate of drug-likeness (QED) is 0.249. The van der Waals surface area contributed by atoms with Gasteiger partial charge in [0.15, 0.2) is 5.82 Å². The van der Waals surface area contributed by atoms with Crippen LogP contribution in [-0.4, -0.2) is 84.6 Å². The molecule has 4 saturated heterocycles. The maximum atomic E-state index is 17.1. The summed E-state index contributed by atoms with van der Waals surface area (Å²) < 4.78 is 29.2. The van der Waals surface area contributed by atoms with Gasteiger partial charge in [-0.25, -0.2) is 4.39 Å². The number of phenols is 1. The number of piperazine rings is 1. The monoisotopic (exact) mass is 653 g/mol. The third kappa shape index (κ3) is 5.17. The molecule has 3 aromatic carbocycles. The summed E-state index contributed by atoms with van der Waals surface area (Å²) in [5.74, 6) is 4.02. The molecule has 2 bridgehead atoms. The summed E-state index contributed by atoms with van der Waals surface area (Å²) in [4.78, 5) is 14.5. The van der Waals surface area contributed by atoms with Crippen LogP contribution in [-0.2, 0) is 4.74 Å². The molecule has 1 aliphatic carbocycles. The summed E-state index contributed by atoms with van der Waals surface area (Å²) in [7, 11) is 0. The van der Waals surface area contributed by atoms with E-state index in [0.29, 0.717) is 63.6 Å². The van der Waals surface area contributed by atoms with Crippen molar-refractivity contribution in [2.75, 3.05) is 57.4 Å². The molecule has 4 atom stereocenters. The van der Waals surface area contributed by atoms with E-state index in [1.807, 2.05) is 12.1 Å². The number of aromatic nitrogens is 2. The Morgan fingerprint density at radius 1 is 1.09 bits per heavy atom. The Hall–Kier alpha value is -3.68. The largest absolute Gasteiger partial charge is 0.508 e. The van der Waals surface area contributed by atoms with Crippen molar-refractivity contribution >= 4 is 39.1 Å². The van der Waals surface area contributed by atoms with Gasteiger partial charge in [0.05, 0.1) is 24.8 Å². The number of phenolic OH excluding ortho intramolecular Hbond substituents is 1. The minimum absolute atomic E-state index is 0.00943. The van der Waals surface area contributed by atoms with Gasteiger partial charge in [-0.2, -0.15) is 9.97 Å². The lowest BCUT2D eigenvalue weighted by Gasteiger charge is -2.34. The predicted molar refractivity (Wildman–Crippen MR) is 181 cm³/mol. The second-order valence-electron chi connectivity index (χ2n) is 14.4. The summed E-state index contributed by atoms with van der Waals surface area (Å²) in [5, 5.41) is 16.4. The topological polar surface area (TPSA) is 83.0 Å². The summed E-state index contributed by atoms with van der Waals surface area (Å²) >= 11 is 6.95.